The van der Waals surface area contributed by atoms with Crippen molar-refractivity contribution in [2.45, 2.75) is 18.9 Å². The summed E-state index contributed by atoms with van der Waals surface area (Å²) in [4.78, 5) is 1.20. The highest BCUT2D eigenvalue weighted by Crippen LogP contribution is 2.35. The molecule has 0 amide bonds. The zero-order chi connectivity index (χ0) is 12.5. The van der Waals surface area contributed by atoms with Crippen LogP contribution in [0.15, 0.2) is 29.6 Å². The zero-order valence-electron chi connectivity index (χ0n) is 9.86. The predicted octanol–water partition coefficient (Wildman–Crippen LogP) is 3.58. The average molecular weight is 280 g/mol. The Hall–Kier alpha value is -1.03. The lowest BCUT2D eigenvalue weighted by molar-refractivity contribution is 0.352. The Labute approximate surface area is 115 Å². The van der Waals surface area contributed by atoms with Crippen LogP contribution in [0.1, 0.15) is 22.0 Å². The Kier molecular flexibility index (Phi) is 3.29. The molecule has 0 spiro atoms. The van der Waals surface area contributed by atoms with Gasteiger partial charge in [0, 0.05) is 22.4 Å². The van der Waals surface area contributed by atoms with Crippen molar-refractivity contribution in [3.8, 4) is 5.75 Å². The van der Waals surface area contributed by atoms with Crippen LogP contribution in [0, 0.1) is 0 Å². The maximum atomic E-state index is 6.23. The van der Waals surface area contributed by atoms with Crippen molar-refractivity contribution in [2.75, 3.05) is 6.61 Å². The van der Waals surface area contributed by atoms with Crippen LogP contribution >= 0.6 is 22.9 Å². The summed E-state index contributed by atoms with van der Waals surface area (Å²) in [7, 11) is 0. The van der Waals surface area contributed by atoms with Gasteiger partial charge in [0.2, 0.25) is 0 Å². The molecule has 0 bridgehead atoms. The van der Waals surface area contributed by atoms with Gasteiger partial charge < -0.3 is 10.5 Å². The van der Waals surface area contributed by atoms with Gasteiger partial charge in [-0.15, -0.1) is 11.3 Å². The summed E-state index contributed by atoms with van der Waals surface area (Å²) in [6, 6.07) is 8.07. The van der Waals surface area contributed by atoms with Gasteiger partial charge in [-0.3, -0.25) is 0 Å². The van der Waals surface area contributed by atoms with E-state index in [2.05, 4.69) is 6.07 Å². The summed E-state index contributed by atoms with van der Waals surface area (Å²) in [5.74, 6) is 0.992. The van der Waals surface area contributed by atoms with Crippen LogP contribution < -0.4 is 10.5 Å². The third kappa shape index (κ3) is 2.26. The number of benzene rings is 1. The lowest BCUT2D eigenvalue weighted by atomic mass is 10.0. The van der Waals surface area contributed by atoms with Gasteiger partial charge in [0.25, 0.3) is 0 Å². The molecule has 94 valence electrons. The minimum absolute atomic E-state index is 0.0109. The van der Waals surface area contributed by atoms with Crippen molar-refractivity contribution in [1.29, 1.82) is 0 Å². The standard InChI is InChI=1S/C14H14ClNOS/c15-11-6-9-3-4-17-14(9)10(7-11)8-12(16)13-2-1-5-18-13/h1-2,5-7,12H,3-4,8,16H2. The van der Waals surface area contributed by atoms with Gasteiger partial charge in [0.1, 0.15) is 5.75 Å². The fraction of sp³-hybridized carbons (Fsp3) is 0.286. The van der Waals surface area contributed by atoms with E-state index in [4.69, 9.17) is 22.1 Å². The molecule has 1 aromatic carbocycles. The fourth-order valence-corrected chi connectivity index (χ4v) is 3.33. The summed E-state index contributed by atoms with van der Waals surface area (Å²) in [5, 5.41) is 2.82. The van der Waals surface area contributed by atoms with E-state index in [0.717, 1.165) is 35.8 Å². The van der Waals surface area contributed by atoms with E-state index >= 15 is 0 Å². The van der Waals surface area contributed by atoms with Crippen molar-refractivity contribution in [3.05, 3.63) is 50.7 Å². The summed E-state index contributed by atoms with van der Waals surface area (Å²) >= 11 is 7.83. The van der Waals surface area contributed by atoms with Gasteiger partial charge in [-0.1, -0.05) is 17.7 Å². The quantitative estimate of drug-likeness (QED) is 0.932. The maximum Gasteiger partial charge on any atom is 0.125 e. The normalized spacial score (nSPS) is 15.2. The van der Waals surface area contributed by atoms with Crippen LogP contribution in [0.4, 0.5) is 0 Å². The van der Waals surface area contributed by atoms with E-state index in [1.54, 1.807) is 11.3 Å². The van der Waals surface area contributed by atoms with Crippen molar-refractivity contribution in [2.24, 2.45) is 5.73 Å². The number of thiophene rings is 1. The lowest BCUT2D eigenvalue weighted by Gasteiger charge is -2.13. The van der Waals surface area contributed by atoms with Crippen molar-refractivity contribution < 1.29 is 4.74 Å². The third-order valence-electron chi connectivity index (χ3n) is 3.17. The third-order valence-corrected chi connectivity index (χ3v) is 4.40. The molecule has 1 aliphatic rings. The summed E-state index contributed by atoms with van der Waals surface area (Å²) in [5.41, 5.74) is 8.55. The van der Waals surface area contributed by atoms with Crippen molar-refractivity contribution in [3.63, 3.8) is 0 Å². The number of hydrogen-bond acceptors (Lipinski definition) is 3. The van der Waals surface area contributed by atoms with Gasteiger partial charge in [0.15, 0.2) is 0 Å². The van der Waals surface area contributed by atoms with E-state index in [0.29, 0.717) is 0 Å². The molecule has 0 radical (unpaired) electrons. The Morgan fingerprint density at radius 3 is 3.11 bits per heavy atom. The molecule has 2 nitrogen and oxygen atoms in total. The first-order valence-corrected chi connectivity index (χ1v) is 7.23. The largest absolute Gasteiger partial charge is 0.493 e. The van der Waals surface area contributed by atoms with E-state index < -0.39 is 0 Å². The van der Waals surface area contributed by atoms with Crippen molar-refractivity contribution in [1.82, 2.24) is 0 Å². The Balaban J connectivity index is 1.89. The molecule has 18 heavy (non-hydrogen) atoms. The van der Waals surface area contributed by atoms with Crippen LogP contribution in [0.5, 0.6) is 5.75 Å². The number of nitrogens with two attached hydrogens (primary N) is 1. The molecular formula is C14H14ClNOS. The molecule has 0 aliphatic carbocycles. The molecule has 0 saturated carbocycles. The van der Waals surface area contributed by atoms with Gasteiger partial charge in [0.05, 0.1) is 6.61 Å². The molecule has 0 fully saturated rings. The molecule has 2 N–H and O–H groups in total. The van der Waals surface area contributed by atoms with E-state index in [1.807, 2.05) is 23.6 Å². The van der Waals surface area contributed by atoms with Gasteiger partial charge in [-0.2, -0.15) is 0 Å². The van der Waals surface area contributed by atoms with Crippen LogP contribution in [-0.4, -0.2) is 6.61 Å². The number of rotatable bonds is 3. The molecule has 0 saturated heterocycles. The van der Waals surface area contributed by atoms with Gasteiger partial charge in [-0.05, 0) is 41.1 Å². The van der Waals surface area contributed by atoms with Crippen molar-refractivity contribution >= 4 is 22.9 Å². The number of hydrogen-bond donors (Lipinski definition) is 1. The highest BCUT2D eigenvalue weighted by atomic mass is 35.5. The first kappa shape index (κ1) is 12.0. The highest BCUT2D eigenvalue weighted by Gasteiger charge is 2.19. The van der Waals surface area contributed by atoms with Gasteiger partial charge in [-0.25, -0.2) is 0 Å². The molecule has 1 aromatic heterocycles. The molecular weight excluding hydrogens is 266 g/mol. The first-order chi connectivity index (χ1) is 8.74. The number of fused-ring (bicyclic) bond motifs is 1. The topological polar surface area (TPSA) is 35.2 Å². The smallest absolute Gasteiger partial charge is 0.125 e. The highest BCUT2D eigenvalue weighted by molar-refractivity contribution is 7.10. The second kappa shape index (κ2) is 4.92. The maximum absolute atomic E-state index is 6.23. The first-order valence-electron chi connectivity index (χ1n) is 5.97. The number of halogens is 1. The van der Waals surface area contributed by atoms with Crippen LogP contribution in [0.3, 0.4) is 0 Å². The van der Waals surface area contributed by atoms with Crippen LogP contribution in [0.25, 0.3) is 0 Å². The van der Waals surface area contributed by atoms with E-state index in [-0.39, 0.29) is 6.04 Å². The molecule has 2 aromatic rings. The predicted molar refractivity (Wildman–Crippen MR) is 75.6 cm³/mol. The summed E-state index contributed by atoms with van der Waals surface area (Å²) in [6.07, 6.45) is 1.71. The minimum Gasteiger partial charge on any atom is -0.493 e. The fourth-order valence-electron chi connectivity index (χ4n) is 2.34. The molecule has 1 aliphatic heterocycles. The molecule has 4 heteroatoms. The van der Waals surface area contributed by atoms with Gasteiger partial charge >= 0.3 is 0 Å². The second-order valence-corrected chi connectivity index (χ2v) is 5.89. The Morgan fingerprint density at radius 2 is 2.33 bits per heavy atom. The Morgan fingerprint density at radius 1 is 1.44 bits per heavy atom. The molecule has 1 atom stereocenters. The number of ether oxygens (including phenoxy) is 1. The minimum atomic E-state index is 0.0109. The monoisotopic (exact) mass is 279 g/mol. The molecule has 3 rings (SSSR count). The van der Waals surface area contributed by atoms with E-state index in [1.165, 1.54) is 10.4 Å². The Bertz CT molecular complexity index is 553. The second-order valence-electron chi connectivity index (χ2n) is 4.48. The zero-order valence-corrected chi connectivity index (χ0v) is 11.4. The van der Waals surface area contributed by atoms with Crippen LogP contribution in [-0.2, 0) is 12.8 Å². The lowest BCUT2D eigenvalue weighted by Crippen LogP contribution is -2.12. The molecule has 2 heterocycles. The average Bonchev–Trinajstić information content (AvgIpc) is 2.98. The van der Waals surface area contributed by atoms with E-state index in [9.17, 15) is 0 Å². The molecule has 1 unspecified atom stereocenters. The SMILES string of the molecule is NC(Cc1cc(Cl)cc2c1OCC2)c1cccs1. The summed E-state index contributed by atoms with van der Waals surface area (Å²) in [6.45, 7) is 0.747. The van der Waals surface area contributed by atoms with Crippen LogP contribution in [0.2, 0.25) is 5.02 Å². The summed E-state index contributed by atoms with van der Waals surface area (Å²) < 4.78 is 5.69.